The monoisotopic (exact) mass is 514 g/mol. The van der Waals surface area contributed by atoms with Crippen molar-refractivity contribution in [2.75, 3.05) is 28.4 Å². The molecule has 0 amide bonds. The summed E-state index contributed by atoms with van der Waals surface area (Å²) in [6.07, 6.45) is 0. The van der Waals surface area contributed by atoms with Crippen LogP contribution < -0.4 is 18.9 Å². The lowest BCUT2D eigenvalue weighted by Gasteiger charge is -2.13. The van der Waals surface area contributed by atoms with Crippen molar-refractivity contribution >= 4 is 47.3 Å². The first kappa shape index (κ1) is 29.6. The Kier molecular flexibility index (Phi) is 14.7. The van der Waals surface area contributed by atoms with Crippen LogP contribution in [0.15, 0.2) is 30.3 Å². The van der Waals surface area contributed by atoms with Gasteiger partial charge in [0.15, 0.2) is 5.78 Å². The molecule has 0 saturated carbocycles. The van der Waals surface area contributed by atoms with Crippen molar-refractivity contribution in [2.24, 2.45) is 5.92 Å². The molecule has 2 aromatic rings. The van der Waals surface area contributed by atoms with Crippen molar-refractivity contribution in [1.29, 1.82) is 0 Å². The summed E-state index contributed by atoms with van der Waals surface area (Å²) in [4.78, 5) is 11.9. The molecule has 5 nitrogen and oxygen atoms in total. The minimum absolute atomic E-state index is 0.131. The van der Waals surface area contributed by atoms with Gasteiger partial charge in [-0.15, -0.1) is 0 Å². The number of carbonyl (C=O) groups is 1. The van der Waals surface area contributed by atoms with E-state index in [0.29, 0.717) is 17.1 Å². The van der Waals surface area contributed by atoms with Crippen LogP contribution in [0.4, 0.5) is 8.78 Å². The molecule has 0 aliphatic rings. The molecule has 2 aromatic carbocycles. The van der Waals surface area contributed by atoms with Gasteiger partial charge in [0.05, 0.1) is 28.4 Å². The lowest BCUT2D eigenvalue weighted by atomic mass is 9.99. The quantitative estimate of drug-likeness (QED) is 0.338. The molecular weight excluding hydrogens is 492 g/mol. The third-order valence-electron chi connectivity index (χ3n) is 3.56. The van der Waals surface area contributed by atoms with Crippen LogP contribution in [0, 0.1) is 17.6 Å². The van der Waals surface area contributed by atoms with Gasteiger partial charge in [0.2, 0.25) is 0 Å². The van der Waals surface area contributed by atoms with Crippen LogP contribution in [0.25, 0.3) is 0 Å². The average Bonchev–Trinajstić information content (AvgIpc) is 2.71. The van der Waals surface area contributed by atoms with Crippen LogP contribution in [-0.4, -0.2) is 45.6 Å². The van der Waals surface area contributed by atoms with Crippen molar-refractivity contribution in [1.82, 2.24) is 0 Å². The molecule has 0 aliphatic carbocycles. The Labute approximate surface area is 198 Å². The lowest BCUT2D eigenvalue weighted by molar-refractivity contribution is 0.0933. The number of benzene rings is 2. The maximum Gasteiger partial charge on any atom is 0.643 e. The van der Waals surface area contributed by atoms with Crippen LogP contribution in [0.1, 0.15) is 24.2 Å². The molecule has 0 heterocycles. The number of rotatable bonds is 6. The predicted octanol–water partition coefficient (Wildman–Crippen LogP) is 6.21. The normalized spacial score (nSPS) is 9.55. The maximum atomic E-state index is 13.2. The second kappa shape index (κ2) is 15.4. The second-order valence-corrected chi connectivity index (χ2v) is 12.4. The highest BCUT2D eigenvalue weighted by atomic mass is 35.8. The van der Waals surface area contributed by atoms with Crippen molar-refractivity contribution in [3.05, 3.63) is 47.5 Å². The predicted molar refractivity (Wildman–Crippen MR) is 121 cm³/mol. The summed E-state index contributed by atoms with van der Waals surface area (Å²) in [6, 6.07) is 6.56. The van der Waals surface area contributed by atoms with Gasteiger partial charge in [-0.05, 0) is 0 Å². The highest BCUT2D eigenvalue weighted by Gasteiger charge is 2.22. The molecular formula is C20H24AlCl3F2O5. The van der Waals surface area contributed by atoms with Gasteiger partial charge in [-0.25, -0.2) is 38.9 Å². The number of carbonyl (C=O) groups excluding carboxylic acids is 1. The smallest absolute Gasteiger partial charge is 0.497 e. The summed E-state index contributed by atoms with van der Waals surface area (Å²) in [6.45, 7) is 3.54. The molecule has 0 bridgehead atoms. The third kappa shape index (κ3) is 11.1. The number of ketones is 1. The number of hydrogen-bond donors (Lipinski definition) is 0. The third-order valence-corrected chi connectivity index (χ3v) is 3.56. The van der Waals surface area contributed by atoms with E-state index in [9.17, 15) is 13.6 Å². The number of halogens is 5. The summed E-state index contributed by atoms with van der Waals surface area (Å²) in [5.74, 6) is 0.145. The van der Waals surface area contributed by atoms with Gasteiger partial charge in [-0.2, -0.15) is 0 Å². The van der Waals surface area contributed by atoms with Gasteiger partial charge < -0.3 is 18.9 Å². The van der Waals surface area contributed by atoms with E-state index >= 15 is 0 Å². The van der Waals surface area contributed by atoms with E-state index in [-0.39, 0.29) is 29.0 Å². The van der Waals surface area contributed by atoms with Gasteiger partial charge in [0, 0.05) is 36.2 Å². The van der Waals surface area contributed by atoms with E-state index in [1.807, 2.05) is 0 Å². The summed E-state index contributed by atoms with van der Waals surface area (Å²) < 4.78 is 45.4. The molecule has 0 atom stereocenters. The van der Waals surface area contributed by atoms with Crippen LogP contribution in [0.2, 0.25) is 0 Å². The fourth-order valence-electron chi connectivity index (χ4n) is 2.18. The summed E-state index contributed by atoms with van der Waals surface area (Å²) in [5, 5.41) is 0. The van der Waals surface area contributed by atoms with E-state index in [4.69, 9.17) is 49.1 Å². The van der Waals surface area contributed by atoms with Crippen LogP contribution in [0.3, 0.4) is 0 Å². The Hall–Kier alpha value is -1.43. The fourth-order valence-corrected chi connectivity index (χ4v) is 2.18. The Morgan fingerprint density at radius 2 is 1.13 bits per heavy atom. The number of methoxy groups -OCH3 is 4. The van der Waals surface area contributed by atoms with Crippen molar-refractivity contribution < 1.29 is 32.5 Å². The Morgan fingerprint density at radius 3 is 1.42 bits per heavy atom. The van der Waals surface area contributed by atoms with Crippen LogP contribution >= 0.6 is 30.1 Å². The Balaban J connectivity index is 0.000000518. The van der Waals surface area contributed by atoms with E-state index in [1.165, 1.54) is 52.7 Å². The number of Topliss-reactive ketones (excluding diaryl/α,β-unsaturated/α-hetero) is 1. The summed E-state index contributed by atoms with van der Waals surface area (Å²) in [5.41, 5.74) is 0.293. The average molecular weight is 516 g/mol. The standard InChI is InChI=1S/C12H15FO3.C8H9FO2.Al.3ClH/c1-7(2)12(14)11-9(15-3)5-8(13)6-10(11)16-4;1-10-7-3-6(9)4-8(5-7)11-2;;;;/h5-7H,1-4H3;3-5H,1-2H3;;3*1H/q;;+3;;;/p-3. The van der Waals surface area contributed by atoms with Gasteiger partial charge in [0.25, 0.3) is 0 Å². The fraction of sp³-hybridized carbons (Fsp3) is 0.350. The van der Waals surface area contributed by atoms with Gasteiger partial charge in [-0.3, -0.25) is 4.79 Å². The largest absolute Gasteiger partial charge is 0.643 e. The van der Waals surface area contributed by atoms with Crippen molar-refractivity contribution in [3.8, 4) is 23.0 Å². The van der Waals surface area contributed by atoms with Gasteiger partial charge in [-0.1, -0.05) is 13.8 Å². The first-order valence-corrected chi connectivity index (χ1v) is 14.0. The topological polar surface area (TPSA) is 54.0 Å². The molecule has 0 radical (unpaired) electrons. The van der Waals surface area contributed by atoms with Crippen LogP contribution in [-0.2, 0) is 0 Å². The summed E-state index contributed by atoms with van der Waals surface area (Å²) in [7, 11) is 20.6. The first-order chi connectivity index (χ1) is 14.5. The second-order valence-electron chi connectivity index (χ2n) is 5.98. The maximum absolute atomic E-state index is 13.2. The number of hydrogen-bond acceptors (Lipinski definition) is 5. The van der Waals surface area contributed by atoms with E-state index in [1.54, 1.807) is 19.9 Å². The lowest BCUT2D eigenvalue weighted by Crippen LogP contribution is -2.11. The van der Waals surface area contributed by atoms with E-state index in [0.717, 1.165) is 0 Å². The molecule has 31 heavy (non-hydrogen) atoms. The first-order valence-electron chi connectivity index (χ1n) is 8.77. The molecule has 0 spiro atoms. The highest BCUT2D eigenvalue weighted by Crippen LogP contribution is 2.32. The van der Waals surface area contributed by atoms with Gasteiger partial charge >= 0.3 is 11.4 Å². The minimum Gasteiger partial charge on any atom is -0.497 e. The van der Waals surface area contributed by atoms with Crippen molar-refractivity contribution in [2.45, 2.75) is 13.8 Å². The molecule has 0 aliphatic heterocycles. The molecule has 11 heteroatoms. The number of ether oxygens (including phenoxy) is 4. The molecule has 0 unspecified atom stereocenters. The Morgan fingerprint density at radius 1 is 0.774 bits per heavy atom. The zero-order valence-corrected chi connectivity index (χ0v) is 21.4. The highest BCUT2D eigenvalue weighted by molar-refractivity contribution is 7.54. The molecule has 0 fully saturated rings. The zero-order valence-electron chi connectivity index (χ0n) is 18.0. The van der Waals surface area contributed by atoms with Crippen LogP contribution in [0.5, 0.6) is 23.0 Å². The zero-order chi connectivity index (χ0) is 24.1. The van der Waals surface area contributed by atoms with E-state index < -0.39 is 17.2 Å². The van der Waals surface area contributed by atoms with Crippen molar-refractivity contribution in [3.63, 3.8) is 0 Å². The summed E-state index contributed by atoms with van der Waals surface area (Å²) >= 11 is -1.72. The Bertz CT molecular complexity index is 788. The molecule has 2 rings (SSSR count). The molecule has 172 valence electrons. The minimum atomic E-state index is -1.72. The van der Waals surface area contributed by atoms with Gasteiger partial charge in [0.1, 0.15) is 40.2 Å². The molecule has 0 aromatic heterocycles. The SMILES string of the molecule is COc1cc(F)cc(OC)c1.COc1cc(F)cc(OC)c1C(=O)C(C)C.[Cl][Al]([Cl])[Cl]. The van der Waals surface area contributed by atoms with E-state index in [2.05, 4.69) is 0 Å². The molecule has 0 saturated heterocycles. The molecule has 0 N–H and O–H groups in total.